The quantitative estimate of drug-likeness (QED) is 0.835. The van der Waals surface area contributed by atoms with Gasteiger partial charge in [0.25, 0.3) is 0 Å². The third-order valence-electron chi connectivity index (χ3n) is 5.30. The second kappa shape index (κ2) is 6.82. The van der Waals surface area contributed by atoms with Crippen molar-refractivity contribution in [2.75, 3.05) is 26.2 Å². The van der Waals surface area contributed by atoms with Gasteiger partial charge in [0.2, 0.25) is 5.91 Å². The molecule has 1 atom stereocenters. The summed E-state index contributed by atoms with van der Waals surface area (Å²) in [5.74, 6) is 1.24. The summed E-state index contributed by atoms with van der Waals surface area (Å²) in [5, 5.41) is 0. The molecule has 0 N–H and O–H groups in total. The minimum absolute atomic E-state index is 0.319. The standard InChI is InChI=1S/C19H28N2O/c1-15-3-5-17(6-4-15)7-10-19(22)21-13-11-20(12-14-21)16(2)18-8-9-18/h3-6,16,18H,7-14H2,1-2H3. The van der Waals surface area contributed by atoms with E-state index in [2.05, 4.69) is 47.9 Å². The van der Waals surface area contributed by atoms with E-state index in [1.165, 1.54) is 24.0 Å². The fourth-order valence-electron chi connectivity index (χ4n) is 3.42. The monoisotopic (exact) mass is 300 g/mol. The van der Waals surface area contributed by atoms with Crippen LogP contribution in [0.2, 0.25) is 0 Å². The second-order valence-electron chi connectivity index (χ2n) is 6.98. The van der Waals surface area contributed by atoms with Crippen LogP contribution in [-0.2, 0) is 11.2 Å². The molecule has 120 valence electrons. The van der Waals surface area contributed by atoms with Crippen molar-refractivity contribution in [2.24, 2.45) is 5.92 Å². The van der Waals surface area contributed by atoms with E-state index in [0.29, 0.717) is 18.4 Å². The van der Waals surface area contributed by atoms with Gasteiger partial charge in [0, 0.05) is 38.6 Å². The fourth-order valence-corrected chi connectivity index (χ4v) is 3.42. The molecule has 22 heavy (non-hydrogen) atoms. The number of carbonyl (C=O) groups excluding carboxylic acids is 1. The Kier molecular flexibility index (Phi) is 4.82. The molecule has 1 aromatic rings. The van der Waals surface area contributed by atoms with Crippen LogP contribution in [0.1, 0.15) is 37.3 Å². The van der Waals surface area contributed by atoms with Crippen LogP contribution < -0.4 is 0 Å². The molecule has 1 aliphatic carbocycles. The molecule has 1 unspecified atom stereocenters. The number of benzene rings is 1. The molecular formula is C19H28N2O. The highest BCUT2D eigenvalue weighted by Gasteiger charge is 2.33. The van der Waals surface area contributed by atoms with E-state index in [1.807, 2.05) is 0 Å². The van der Waals surface area contributed by atoms with Gasteiger partial charge in [0.1, 0.15) is 0 Å². The molecule has 1 aliphatic heterocycles. The molecule has 0 spiro atoms. The van der Waals surface area contributed by atoms with Gasteiger partial charge in [-0.2, -0.15) is 0 Å². The molecule has 3 nitrogen and oxygen atoms in total. The lowest BCUT2D eigenvalue weighted by Gasteiger charge is -2.38. The van der Waals surface area contributed by atoms with E-state index in [-0.39, 0.29) is 0 Å². The minimum Gasteiger partial charge on any atom is -0.340 e. The average molecular weight is 300 g/mol. The Morgan fingerprint density at radius 3 is 2.36 bits per heavy atom. The molecule has 1 aromatic carbocycles. The summed E-state index contributed by atoms with van der Waals surface area (Å²) in [5.41, 5.74) is 2.54. The average Bonchev–Trinajstić information content (AvgIpc) is 3.38. The zero-order valence-corrected chi connectivity index (χ0v) is 13.9. The first-order valence-corrected chi connectivity index (χ1v) is 8.71. The van der Waals surface area contributed by atoms with Crippen molar-refractivity contribution in [3.8, 4) is 0 Å². The van der Waals surface area contributed by atoms with Crippen LogP contribution in [0.25, 0.3) is 0 Å². The van der Waals surface area contributed by atoms with Crippen LogP contribution in [-0.4, -0.2) is 47.9 Å². The van der Waals surface area contributed by atoms with Gasteiger partial charge in [-0.3, -0.25) is 9.69 Å². The highest BCUT2D eigenvalue weighted by molar-refractivity contribution is 5.76. The Morgan fingerprint density at radius 1 is 1.14 bits per heavy atom. The smallest absolute Gasteiger partial charge is 0.222 e. The van der Waals surface area contributed by atoms with E-state index in [1.54, 1.807) is 0 Å². The van der Waals surface area contributed by atoms with E-state index in [9.17, 15) is 4.79 Å². The first-order valence-electron chi connectivity index (χ1n) is 8.71. The Bertz CT molecular complexity index is 499. The van der Waals surface area contributed by atoms with Gasteiger partial charge >= 0.3 is 0 Å². The lowest BCUT2D eigenvalue weighted by Crippen LogP contribution is -2.51. The maximum atomic E-state index is 12.4. The third kappa shape index (κ3) is 3.89. The topological polar surface area (TPSA) is 23.6 Å². The van der Waals surface area contributed by atoms with Crippen LogP contribution >= 0.6 is 0 Å². The van der Waals surface area contributed by atoms with Crippen molar-refractivity contribution in [1.82, 2.24) is 9.80 Å². The summed E-state index contributed by atoms with van der Waals surface area (Å²) in [6.45, 7) is 8.36. The minimum atomic E-state index is 0.319. The molecule has 0 radical (unpaired) electrons. The van der Waals surface area contributed by atoms with Crippen LogP contribution in [0.5, 0.6) is 0 Å². The number of hydrogen-bond donors (Lipinski definition) is 0. The molecule has 1 amide bonds. The number of carbonyl (C=O) groups is 1. The maximum absolute atomic E-state index is 12.4. The summed E-state index contributed by atoms with van der Waals surface area (Å²) in [6.07, 6.45) is 4.30. The van der Waals surface area contributed by atoms with Crippen molar-refractivity contribution in [1.29, 1.82) is 0 Å². The highest BCUT2D eigenvalue weighted by Crippen LogP contribution is 2.35. The summed E-state index contributed by atoms with van der Waals surface area (Å²) in [4.78, 5) is 17.0. The van der Waals surface area contributed by atoms with Crippen molar-refractivity contribution in [3.05, 3.63) is 35.4 Å². The molecule has 0 aromatic heterocycles. The molecule has 2 aliphatic rings. The van der Waals surface area contributed by atoms with Crippen LogP contribution in [0.4, 0.5) is 0 Å². The zero-order chi connectivity index (χ0) is 15.5. The normalized spacial score (nSPS) is 20.9. The predicted molar refractivity (Wildman–Crippen MR) is 89.8 cm³/mol. The van der Waals surface area contributed by atoms with Gasteiger partial charge in [0.05, 0.1) is 0 Å². The number of aryl methyl sites for hydroxylation is 2. The van der Waals surface area contributed by atoms with Gasteiger partial charge in [-0.05, 0) is 44.6 Å². The summed E-state index contributed by atoms with van der Waals surface area (Å²) in [7, 11) is 0. The SMILES string of the molecule is Cc1ccc(CCC(=O)N2CCN(C(C)C3CC3)CC2)cc1. The van der Waals surface area contributed by atoms with E-state index in [4.69, 9.17) is 0 Å². The largest absolute Gasteiger partial charge is 0.340 e. The van der Waals surface area contributed by atoms with E-state index < -0.39 is 0 Å². The van der Waals surface area contributed by atoms with Gasteiger partial charge in [-0.15, -0.1) is 0 Å². The number of rotatable bonds is 5. The lowest BCUT2D eigenvalue weighted by atomic mass is 10.1. The van der Waals surface area contributed by atoms with Crippen LogP contribution in [0.3, 0.4) is 0 Å². The molecule has 1 heterocycles. The van der Waals surface area contributed by atoms with Gasteiger partial charge in [-0.25, -0.2) is 0 Å². The predicted octanol–water partition coefficient (Wildman–Crippen LogP) is 2.87. The Balaban J connectivity index is 1.42. The van der Waals surface area contributed by atoms with Crippen molar-refractivity contribution < 1.29 is 4.79 Å². The third-order valence-corrected chi connectivity index (χ3v) is 5.30. The molecule has 3 heteroatoms. The Hall–Kier alpha value is -1.35. The first-order chi connectivity index (χ1) is 10.6. The van der Waals surface area contributed by atoms with Gasteiger partial charge in [-0.1, -0.05) is 29.8 Å². The number of piperazine rings is 1. The Morgan fingerprint density at radius 2 is 1.77 bits per heavy atom. The van der Waals surface area contributed by atoms with Crippen LogP contribution in [0.15, 0.2) is 24.3 Å². The van der Waals surface area contributed by atoms with Gasteiger partial charge in [0.15, 0.2) is 0 Å². The molecule has 1 saturated carbocycles. The fraction of sp³-hybridized carbons (Fsp3) is 0.632. The highest BCUT2D eigenvalue weighted by atomic mass is 16.2. The molecule has 3 rings (SSSR count). The number of amides is 1. The summed E-state index contributed by atoms with van der Waals surface area (Å²) >= 11 is 0. The molecule has 0 bridgehead atoms. The van der Waals surface area contributed by atoms with Gasteiger partial charge < -0.3 is 4.90 Å². The van der Waals surface area contributed by atoms with E-state index >= 15 is 0 Å². The first kappa shape index (κ1) is 15.5. The summed E-state index contributed by atoms with van der Waals surface area (Å²) in [6, 6.07) is 9.23. The second-order valence-corrected chi connectivity index (χ2v) is 6.98. The Labute approximate surface area is 134 Å². The zero-order valence-electron chi connectivity index (χ0n) is 13.9. The number of nitrogens with zero attached hydrogens (tertiary/aromatic N) is 2. The lowest BCUT2D eigenvalue weighted by molar-refractivity contribution is -0.133. The molecule has 2 fully saturated rings. The van der Waals surface area contributed by atoms with Crippen molar-refractivity contribution in [2.45, 2.75) is 45.6 Å². The van der Waals surface area contributed by atoms with Crippen molar-refractivity contribution in [3.63, 3.8) is 0 Å². The summed E-state index contributed by atoms with van der Waals surface area (Å²) < 4.78 is 0. The maximum Gasteiger partial charge on any atom is 0.222 e. The molecular weight excluding hydrogens is 272 g/mol. The van der Waals surface area contributed by atoms with Crippen LogP contribution in [0, 0.1) is 12.8 Å². The number of hydrogen-bond acceptors (Lipinski definition) is 2. The van der Waals surface area contributed by atoms with Crippen molar-refractivity contribution >= 4 is 5.91 Å². The molecule has 1 saturated heterocycles. The van der Waals surface area contributed by atoms with E-state index in [0.717, 1.165) is 38.5 Å².